The number of hydrogen-bond donors (Lipinski definition) is 3. The molecular weight excluding hydrogens is 690 g/mol. The number of likely N-dealkylation sites (N-methyl/N-ethyl adjacent to an activating group) is 1. The Hall–Kier alpha value is -3.30. The van der Waals surface area contributed by atoms with Crippen molar-refractivity contribution < 1.29 is 48.0 Å². The average Bonchev–Trinajstić information content (AvgIpc) is 3.76. The van der Waals surface area contributed by atoms with Crippen molar-refractivity contribution in [1.82, 2.24) is 10.2 Å². The highest BCUT2D eigenvalue weighted by atomic mass is 35.5. The van der Waals surface area contributed by atoms with Gasteiger partial charge in [-0.2, -0.15) is 12.6 Å². The fourth-order valence-corrected chi connectivity index (χ4v) is 6.99. The standard InChI is InChI=1S/C35H48ClN3O10S/c1-19-10-9-11-26(46-8)35(44)18-25(47-33(43)37-35)20(2)31-34(4,49-31)27(48-32(42)21(3)38(5)28(40)12-13-50)17-29(41)39(6)23-15-22(14-19)16-24(45-7)30(23)36/h9-11,15-16,20-21,25-27,31,44,50H,12-14,17-18H2,1-8H3,(H,37,43)/b11-9+,19-10+/t20-,21+,25+,26-,27?,31+,34?,35+/m1/s1. The van der Waals surface area contributed by atoms with Crippen molar-refractivity contribution in [2.24, 2.45) is 5.92 Å². The van der Waals surface area contributed by atoms with Crippen LogP contribution in [0.25, 0.3) is 0 Å². The van der Waals surface area contributed by atoms with Crippen LogP contribution in [0.5, 0.6) is 5.75 Å². The van der Waals surface area contributed by atoms with Gasteiger partial charge in [0.2, 0.25) is 11.8 Å². The van der Waals surface area contributed by atoms with Crippen LogP contribution in [0.3, 0.4) is 0 Å². The number of epoxide rings is 1. The number of amides is 3. The van der Waals surface area contributed by atoms with Crippen molar-refractivity contribution in [3.8, 4) is 5.75 Å². The van der Waals surface area contributed by atoms with Crippen molar-refractivity contribution in [3.05, 3.63) is 46.5 Å². The summed E-state index contributed by atoms with van der Waals surface area (Å²) in [6.07, 6.45) is 1.08. The third-order valence-electron chi connectivity index (χ3n) is 9.85. The molecule has 8 atom stereocenters. The molecule has 4 rings (SSSR count). The number of carbonyl (C=O) groups is 4. The van der Waals surface area contributed by atoms with Crippen molar-refractivity contribution in [2.75, 3.05) is 39.0 Å². The van der Waals surface area contributed by atoms with Crippen LogP contribution in [0.15, 0.2) is 35.9 Å². The molecule has 3 amide bonds. The van der Waals surface area contributed by atoms with Gasteiger partial charge < -0.3 is 38.6 Å². The molecule has 0 saturated carbocycles. The Kier molecular flexibility index (Phi) is 12.6. The lowest BCUT2D eigenvalue weighted by Gasteiger charge is -2.42. The number of fused-ring (bicyclic) bond motifs is 5. The third kappa shape index (κ3) is 8.42. The summed E-state index contributed by atoms with van der Waals surface area (Å²) in [7, 11) is 5.98. The van der Waals surface area contributed by atoms with Gasteiger partial charge in [0.05, 0.1) is 25.3 Å². The molecule has 50 heavy (non-hydrogen) atoms. The predicted octanol–water partition coefficient (Wildman–Crippen LogP) is 3.83. The van der Waals surface area contributed by atoms with Crippen LogP contribution in [0, 0.1) is 5.92 Å². The molecule has 2 saturated heterocycles. The first-order valence-electron chi connectivity index (χ1n) is 16.4. The number of methoxy groups -OCH3 is 2. The first-order chi connectivity index (χ1) is 23.5. The highest BCUT2D eigenvalue weighted by molar-refractivity contribution is 7.80. The number of hydrogen-bond acceptors (Lipinski definition) is 11. The van der Waals surface area contributed by atoms with Gasteiger partial charge in [-0.25, -0.2) is 9.59 Å². The van der Waals surface area contributed by atoms with Crippen LogP contribution >= 0.6 is 24.2 Å². The van der Waals surface area contributed by atoms with Gasteiger partial charge in [-0.3, -0.25) is 14.9 Å². The molecule has 2 unspecified atom stereocenters. The lowest BCUT2D eigenvalue weighted by Crippen LogP contribution is -2.63. The van der Waals surface area contributed by atoms with Gasteiger partial charge >= 0.3 is 12.1 Å². The number of rotatable bonds is 7. The first kappa shape index (κ1) is 39.5. The SMILES string of the molecule is COc1cc2cc(c1Cl)N(C)C(=O)CC(OC(=O)[C@H](C)N(C)C(=O)CCS)C1(C)O[C@H]1[C@H](C)[C@@H]1C[C@@](O)(NC(=O)O1)[C@H](OC)/C=C/C=C(\C)C2. The average molecular weight is 738 g/mol. The number of benzene rings is 1. The fraction of sp³-hybridized carbons (Fsp3) is 0.600. The second-order valence-corrected chi connectivity index (χ2v) is 14.2. The Morgan fingerprint density at radius 1 is 1.28 bits per heavy atom. The molecule has 1 aromatic carbocycles. The van der Waals surface area contributed by atoms with E-state index in [2.05, 4.69) is 17.9 Å². The minimum atomic E-state index is -1.82. The zero-order valence-electron chi connectivity index (χ0n) is 29.7. The van der Waals surface area contributed by atoms with E-state index in [1.165, 1.54) is 38.0 Å². The Morgan fingerprint density at radius 2 is 1.98 bits per heavy atom. The lowest BCUT2D eigenvalue weighted by atomic mass is 9.83. The molecule has 0 aliphatic carbocycles. The van der Waals surface area contributed by atoms with Crippen LogP contribution in [0.4, 0.5) is 10.5 Å². The number of ether oxygens (including phenoxy) is 5. The number of alkyl carbamates (subject to hydrolysis) is 1. The topological polar surface area (TPSA) is 156 Å². The summed E-state index contributed by atoms with van der Waals surface area (Å²) in [4.78, 5) is 55.6. The van der Waals surface area contributed by atoms with E-state index in [1.54, 1.807) is 45.2 Å². The van der Waals surface area contributed by atoms with E-state index in [0.717, 1.165) is 11.1 Å². The zero-order chi connectivity index (χ0) is 37.1. The summed E-state index contributed by atoms with van der Waals surface area (Å²) in [6.45, 7) is 6.96. The summed E-state index contributed by atoms with van der Waals surface area (Å²) in [5, 5.41) is 14.4. The summed E-state index contributed by atoms with van der Waals surface area (Å²) in [5.74, 6) is -1.30. The van der Waals surface area contributed by atoms with E-state index in [-0.39, 0.29) is 30.2 Å². The molecule has 2 fully saturated rings. The Balaban J connectivity index is 1.78. The number of nitrogens with one attached hydrogen (secondary N) is 1. The number of carbonyl (C=O) groups excluding carboxylic acids is 4. The Bertz CT molecular complexity index is 1540. The highest BCUT2D eigenvalue weighted by Gasteiger charge is 2.64. The quantitative estimate of drug-likeness (QED) is 0.214. The van der Waals surface area contributed by atoms with Crippen LogP contribution in [0.1, 0.15) is 52.5 Å². The molecule has 0 radical (unpaired) electrons. The summed E-state index contributed by atoms with van der Waals surface area (Å²) >= 11 is 10.8. The van der Waals surface area contributed by atoms with Crippen LogP contribution < -0.4 is 15.0 Å². The maximum Gasteiger partial charge on any atom is 0.409 e. The molecular formula is C35H48ClN3O10S. The van der Waals surface area contributed by atoms with Gasteiger partial charge in [0, 0.05) is 40.0 Å². The van der Waals surface area contributed by atoms with Crippen LogP contribution in [-0.2, 0) is 39.8 Å². The number of allylic oxidation sites excluding steroid dienone is 3. The zero-order valence-corrected chi connectivity index (χ0v) is 31.4. The number of halogens is 1. The van der Waals surface area contributed by atoms with E-state index in [0.29, 0.717) is 23.6 Å². The van der Waals surface area contributed by atoms with Gasteiger partial charge in [0.25, 0.3) is 0 Å². The van der Waals surface area contributed by atoms with Gasteiger partial charge in [-0.05, 0) is 50.6 Å². The van der Waals surface area contributed by atoms with Gasteiger partial charge in [0.15, 0.2) is 5.72 Å². The van der Waals surface area contributed by atoms with E-state index in [1.807, 2.05) is 13.0 Å². The molecule has 4 bridgehead atoms. The lowest BCUT2D eigenvalue weighted by molar-refractivity contribution is -0.161. The molecule has 15 heteroatoms. The summed E-state index contributed by atoms with van der Waals surface area (Å²) in [5.41, 5.74) is -0.903. The molecule has 276 valence electrons. The molecule has 0 spiro atoms. The number of anilines is 1. The number of aliphatic hydroxyl groups is 1. The largest absolute Gasteiger partial charge is 0.495 e. The van der Waals surface area contributed by atoms with E-state index < -0.39 is 65.7 Å². The minimum Gasteiger partial charge on any atom is -0.495 e. The summed E-state index contributed by atoms with van der Waals surface area (Å²) < 4.78 is 29.0. The first-order valence-corrected chi connectivity index (χ1v) is 17.5. The number of esters is 1. The second-order valence-electron chi connectivity index (χ2n) is 13.4. The van der Waals surface area contributed by atoms with Gasteiger partial charge in [-0.1, -0.05) is 42.3 Å². The monoisotopic (exact) mass is 737 g/mol. The molecule has 3 aliphatic heterocycles. The van der Waals surface area contributed by atoms with Gasteiger partial charge in [-0.15, -0.1) is 0 Å². The second kappa shape index (κ2) is 15.9. The molecule has 3 heterocycles. The van der Waals surface area contributed by atoms with Crippen molar-refractivity contribution in [2.45, 2.75) is 95.2 Å². The normalized spacial score (nSPS) is 32.3. The van der Waals surface area contributed by atoms with E-state index in [4.69, 9.17) is 35.3 Å². The maximum absolute atomic E-state index is 14.0. The predicted molar refractivity (Wildman–Crippen MR) is 189 cm³/mol. The van der Waals surface area contributed by atoms with Gasteiger partial charge in [0.1, 0.15) is 40.7 Å². The fourth-order valence-electron chi connectivity index (χ4n) is 6.49. The third-order valence-corrected chi connectivity index (χ3v) is 10.5. The molecule has 13 nitrogen and oxygen atoms in total. The van der Waals surface area contributed by atoms with Crippen LogP contribution in [0.2, 0.25) is 5.02 Å². The van der Waals surface area contributed by atoms with Crippen molar-refractivity contribution in [3.63, 3.8) is 0 Å². The van der Waals surface area contributed by atoms with E-state index in [9.17, 15) is 24.3 Å². The highest BCUT2D eigenvalue weighted by Crippen LogP contribution is 2.49. The minimum absolute atomic E-state index is 0.0489. The number of thiol groups is 1. The Morgan fingerprint density at radius 3 is 2.62 bits per heavy atom. The molecule has 0 aromatic heterocycles. The maximum atomic E-state index is 14.0. The molecule has 1 aromatic rings. The van der Waals surface area contributed by atoms with E-state index >= 15 is 0 Å². The smallest absolute Gasteiger partial charge is 0.409 e. The van der Waals surface area contributed by atoms with Crippen molar-refractivity contribution in [1.29, 1.82) is 0 Å². The van der Waals surface area contributed by atoms with Crippen LogP contribution in [-0.4, -0.2) is 110 Å². The summed E-state index contributed by atoms with van der Waals surface area (Å²) in [6, 6.07) is 2.60. The Labute approximate surface area is 303 Å². The molecule has 2 N–H and O–H groups in total. The molecule has 3 aliphatic rings. The number of nitrogens with zero attached hydrogens (tertiary/aromatic N) is 2. The van der Waals surface area contributed by atoms with Crippen molar-refractivity contribution >= 4 is 53.8 Å².